The molecule has 1 amide bonds. The van der Waals surface area contributed by atoms with Crippen LogP contribution in [0.4, 0.5) is 25.2 Å². The third kappa shape index (κ3) is 5.74. The topological polar surface area (TPSA) is 129 Å². The van der Waals surface area contributed by atoms with Crippen molar-refractivity contribution in [1.82, 2.24) is 19.9 Å². The Morgan fingerprint density at radius 3 is 2.43 bits per heavy atom. The number of hydrogen-bond acceptors (Lipinski definition) is 8. The summed E-state index contributed by atoms with van der Waals surface area (Å²) in [7, 11) is -0.622. The average Bonchev–Trinajstić information content (AvgIpc) is 2.94. The number of rotatable bonds is 7. The van der Waals surface area contributed by atoms with E-state index in [2.05, 4.69) is 39.3 Å². The molecule has 2 heterocycles. The van der Waals surface area contributed by atoms with E-state index in [0.29, 0.717) is 28.5 Å². The van der Waals surface area contributed by atoms with Crippen LogP contribution in [0.5, 0.6) is 0 Å². The second kappa shape index (κ2) is 11.6. The van der Waals surface area contributed by atoms with Gasteiger partial charge in [0.1, 0.15) is 16.4 Å². The van der Waals surface area contributed by atoms with E-state index in [1.165, 1.54) is 30.6 Å². The minimum atomic E-state index is -4.79. The van der Waals surface area contributed by atoms with Crippen LogP contribution in [0.25, 0.3) is 22.0 Å². The van der Waals surface area contributed by atoms with Crippen molar-refractivity contribution in [3.05, 3.63) is 72.2 Å². The molecular formula is C29H30F2N6O4S. The SMILES string of the molecule is Cc1cncc(S(=O)(=O)N(C(=O)O)c2ccc(F)c(-c3ccc4nc(NC5CCC(N(C)C)CC5)ncc4c3)c2F)c1. The highest BCUT2D eigenvalue weighted by Crippen LogP contribution is 2.36. The minimum Gasteiger partial charge on any atom is -0.464 e. The Kier molecular flexibility index (Phi) is 8.06. The van der Waals surface area contributed by atoms with Gasteiger partial charge >= 0.3 is 6.09 Å². The fourth-order valence-corrected chi connectivity index (χ4v) is 6.59. The van der Waals surface area contributed by atoms with Crippen molar-refractivity contribution in [3.63, 3.8) is 0 Å². The number of anilines is 2. The van der Waals surface area contributed by atoms with Crippen LogP contribution in [0.3, 0.4) is 0 Å². The maximum absolute atomic E-state index is 15.9. The minimum absolute atomic E-state index is 0.0608. The number of hydrogen-bond donors (Lipinski definition) is 2. The van der Waals surface area contributed by atoms with E-state index in [1.807, 2.05) is 0 Å². The van der Waals surface area contributed by atoms with E-state index in [1.54, 1.807) is 13.0 Å². The first-order valence-corrected chi connectivity index (χ1v) is 14.8. The highest BCUT2D eigenvalue weighted by molar-refractivity contribution is 7.93. The summed E-state index contributed by atoms with van der Waals surface area (Å²) in [4.78, 5) is 26.6. The fourth-order valence-electron chi connectivity index (χ4n) is 5.25. The number of pyridine rings is 1. The van der Waals surface area contributed by atoms with Crippen LogP contribution in [0.15, 0.2) is 59.9 Å². The summed E-state index contributed by atoms with van der Waals surface area (Å²) in [6.45, 7) is 1.58. The summed E-state index contributed by atoms with van der Waals surface area (Å²) in [6, 6.07) is 8.10. The molecule has 0 saturated heterocycles. The summed E-state index contributed by atoms with van der Waals surface area (Å²) < 4.78 is 57.3. The molecule has 0 atom stereocenters. The zero-order chi connectivity index (χ0) is 30.2. The molecular weight excluding hydrogens is 566 g/mol. The van der Waals surface area contributed by atoms with Crippen LogP contribution >= 0.6 is 0 Å². The predicted octanol–water partition coefficient (Wildman–Crippen LogP) is 5.44. The molecule has 2 aromatic carbocycles. The van der Waals surface area contributed by atoms with Crippen molar-refractivity contribution in [2.24, 2.45) is 0 Å². The van der Waals surface area contributed by atoms with Gasteiger partial charge in [-0.2, -0.15) is 4.31 Å². The summed E-state index contributed by atoms with van der Waals surface area (Å²) >= 11 is 0. The van der Waals surface area contributed by atoms with E-state index in [9.17, 15) is 18.3 Å². The molecule has 10 nitrogen and oxygen atoms in total. The van der Waals surface area contributed by atoms with Crippen molar-refractivity contribution in [2.45, 2.75) is 49.6 Å². The van der Waals surface area contributed by atoms with Gasteiger partial charge in [-0.3, -0.25) is 4.98 Å². The standard InChI is InChI=1S/C29H30F2N6O4S/c1-17-12-22(16-32-14-17)42(40,41)37(29(38)39)25-11-9-23(30)26(27(25)31)18-4-10-24-19(13-18)15-33-28(35-24)34-20-5-7-21(8-6-20)36(2)3/h4,9-16,20-21H,5-8H2,1-3H3,(H,38,39)(H,33,34,35). The number of aryl methyl sites for hydroxylation is 1. The van der Waals surface area contributed by atoms with Gasteiger partial charge in [0.25, 0.3) is 10.0 Å². The lowest BCUT2D eigenvalue weighted by Crippen LogP contribution is -2.36. The van der Waals surface area contributed by atoms with E-state index in [-0.39, 0.29) is 15.9 Å². The van der Waals surface area contributed by atoms with Gasteiger partial charge in [-0.1, -0.05) is 6.07 Å². The van der Waals surface area contributed by atoms with Gasteiger partial charge in [0.05, 0.1) is 11.1 Å². The third-order valence-electron chi connectivity index (χ3n) is 7.48. The first-order valence-electron chi connectivity index (χ1n) is 13.3. The van der Waals surface area contributed by atoms with E-state index in [0.717, 1.165) is 44.0 Å². The molecule has 0 aliphatic heterocycles. The zero-order valence-corrected chi connectivity index (χ0v) is 24.1. The lowest BCUT2D eigenvalue weighted by atomic mass is 9.91. The molecule has 0 radical (unpaired) electrons. The Hall–Kier alpha value is -4.23. The van der Waals surface area contributed by atoms with Crippen LogP contribution in [0.2, 0.25) is 0 Å². The molecule has 0 unspecified atom stereocenters. The second-order valence-electron chi connectivity index (χ2n) is 10.6. The number of benzene rings is 2. The largest absolute Gasteiger partial charge is 0.464 e. The Labute approximate surface area is 242 Å². The molecule has 2 aromatic heterocycles. The molecule has 1 aliphatic carbocycles. The smallest absolute Gasteiger partial charge is 0.426 e. The van der Waals surface area contributed by atoms with Crippen molar-refractivity contribution in [2.75, 3.05) is 23.7 Å². The molecule has 2 N–H and O–H groups in total. The van der Waals surface area contributed by atoms with Crippen LogP contribution in [-0.4, -0.2) is 65.6 Å². The highest BCUT2D eigenvalue weighted by atomic mass is 32.2. The molecule has 4 aromatic rings. The molecule has 0 bridgehead atoms. The van der Waals surface area contributed by atoms with Crippen molar-refractivity contribution < 1.29 is 27.1 Å². The van der Waals surface area contributed by atoms with E-state index >= 15 is 8.78 Å². The molecule has 13 heteroatoms. The Bertz CT molecular complexity index is 1760. The predicted molar refractivity (Wildman–Crippen MR) is 155 cm³/mol. The number of halogens is 2. The number of carbonyl (C=O) groups is 1. The van der Waals surface area contributed by atoms with Crippen LogP contribution < -0.4 is 9.62 Å². The van der Waals surface area contributed by atoms with Crippen LogP contribution in [0, 0.1) is 18.6 Å². The van der Waals surface area contributed by atoms with E-state index in [4.69, 9.17) is 0 Å². The first kappa shape index (κ1) is 29.3. The first-order chi connectivity index (χ1) is 20.0. The van der Waals surface area contributed by atoms with Gasteiger partial charge in [0.15, 0.2) is 5.82 Å². The van der Waals surface area contributed by atoms with Gasteiger partial charge in [-0.05, 0) is 88.2 Å². The van der Waals surface area contributed by atoms with Gasteiger partial charge in [0, 0.05) is 36.1 Å². The Balaban J connectivity index is 1.46. The molecule has 5 rings (SSSR count). The quantitative estimate of drug-likeness (QED) is 0.287. The summed E-state index contributed by atoms with van der Waals surface area (Å²) in [5, 5.41) is 13.7. The maximum atomic E-state index is 15.9. The fraction of sp³-hybridized carbons (Fsp3) is 0.310. The number of aromatic nitrogens is 3. The molecule has 1 saturated carbocycles. The third-order valence-corrected chi connectivity index (χ3v) is 9.13. The summed E-state index contributed by atoms with van der Waals surface area (Å²) in [5.41, 5.74) is -0.379. The normalized spacial score (nSPS) is 17.4. The molecule has 1 fully saturated rings. The summed E-state index contributed by atoms with van der Waals surface area (Å²) in [5.74, 6) is -1.90. The highest BCUT2D eigenvalue weighted by Gasteiger charge is 2.35. The molecule has 42 heavy (non-hydrogen) atoms. The molecule has 0 spiro atoms. The second-order valence-corrected chi connectivity index (χ2v) is 12.4. The van der Waals surface area contributed by atoms with Crippen LogP contribution in [0.1, 0.15) is 31.2 Å². The maximum Gasteiger partial charge on any atom is 0.426 e. The van der Waals surface area contributed by atoms with Gasteiger partial charge in [-0.25, -0.2) is 32.0 Å². The zero-order valence-electron chi connectivity index (χ0n) is 23.3. The van der Waals surface area contributed by atoms with Gasteiger partial charge in [-0.15, -0.1) is 0 Å². The van der Waals surface area contributed by atoms with Crippen molar-refractivity contribution in [1.29, 1.82) is 0 Å². The van der Waals surface area contributed by atoms with Gasteiger partial charge in [0.2, 0.25) is 5.95 Å². The lowest BCUT2D eigenvalue weighted by Gasteiger charge is -2.32. The number of fused-ring (bicyclic) bond motifs is 1. The monoisotopic (exact) mass is 596 g/mol. The summed E-state index contributed by atoms with van der Waals surface area (Å²) in [6.07, 6.45) is 6.04. The number of sulfonamides is 1. The van der Waals surface area contributed by atoms with Crippen molar-refractivity contribution in [3.8, 4) is 11.1 Å². The number of amides is 1. The average molecular weight is 597 g/mol. The molecule has 220 valence electrons. The number of carboxylic acid groups (broad SMARTS) is 1. The number of nitrogens with zero attached hydrogens (tertiary/aromatic N) is 5. The lowest BCUT2D eigenvalue weighted by molar-refractivity contribution is 0.206. The van der Waals surface area contributed by atoms with Crippen molar-refractivity contribution >= 4 is 38.7 Å². The Morgan fingerprint density at radius 1 is 1.02 bits per heavy atom. The number of nitrogens with one attached hydrogen (secondary N) is 1. The molecule has 1 aliphatic rings. The Morgan fingerprint density at radius 2 is 1.76 bits per heavy atom. The van der Waals surface area contributed by atoms with Gasteiger partial charge < -0.3 is 15.3 Å². The van der Waals surface area contributed by atoms with E-state index < -0.39 is 43.9 Å². The van der Waals surface area contributed by atoms with Crippen LogP contribution in [-0.2, 0) is 10.0 Å².